The summed E-state index contributed by atoms with van der Waals surface area (Å²) >= 11 is 0. The van der Waals surface area contributed by atoms with E-state index in [4.69, 9.17) is 4.74 Å². The van der Waals surface area contributed by atoms with Gasteiger partial charge < -0.3 is 10.1 Å². The summed E-state index contributed by atoms with van der Waals surface area (Å²) in [7, 11) is 0. The lowest BCUT2D eigenvalue weighted by atomic mass is 9.98. The maximum atomic E-state index is 12.8. The predicted molar refractivity (Wildman–Crippen MR) is 104 cm³/mol. The van der Waals surface area contributed by atoms with Crippen LogP contribution in [-0.4, -0.2) is 30.3 Å². The summed E-state index contributed by atoms with van der Waals surface area (Å²) in [6, 6.07) is 13.6. The second-order valence-electron chi connectivity index (χ2n) is 6.57. The standard InChI is InChI=1S/C22H25NO4/c1-4-7-16(3)23-20(24)14-27-22(26)19-9-6-5-8-18(19)21(25)17-12-10-15(2)11-13-17/h5-6,8-13,16H,4,7,14H2,1-3H3,(H,23,24)/t16-/m0/s1. The first-order chi connectivity index (χ1) is 12.9. The highest BCUT2D eigenvalue weighted by atomic mass is 16.5. The SMILES string of the molecule is CCC[C@H](C)NC(=O)COC(=O)c1ccccc1C(=O)c1ccc(C)cc1. The van der Waals surface area contributed by atoms with Crippen molar-refractivity contribution in [3.05, 3.63) is 70.8 Å². The quantitative estimate of drug-likeness (QED) is 0.570. The van der Waals surface area contributed by atoms with Gasteiger partial charge in [-0.05, 0) is 26.3 Å². The lowest BCUT2D eigenvalue weighted by Crippen LogP contribution is -2.35. The largest absolute Gasteiger partial charge is 0.452 e. The third-order valence-corrected chi connectivity index (χ3v) is 4.17. The number of hydrogen-bond donors (Lipinski definition) is 1. The van der Waals surface area contributed by atoms with E-state index >= 15 is 0 Å². The molecule has 1 atom stereocenters. The van der Waals surface area contributed by atoms with E-state index in [0.717, 1.165) is 18.4 Å². The zero-order valence-electron chi connectivity index (χ0n) is 16.0. The van der Waals surface area contributed by atoms with Gasteiger partial charge in [0.05, 0.1) is 5.56 Å². The minimum atomic E-state index is -0.690. The average Bonchev–Trinajstić information content (AvgIpc) is 2.66. The molecular weight excluding hydrogens is 342 g/mol. The fourth-order valence-corrected chi connectivity index (χ4v) is 2.75. The van der Waals surface area contributed by atoms with E-state index in [1.165, 1.54) is 6.07 Å². The van der Waals surface area contributed by atoms with Crippen LogP contribution in [0.4, 0.5) is 0 Å². The Labute approximate surface area is 159 Å². The number of ketones is 1. The third kappa shape index (κ3) is 5.78. The van der Waals surface area contributed by atoms with Crippen molar-refractivity contribution in [1.82, 2.24) is 5.32 Å². The van der Waals surface area contributed by atoms with Crippen molar-refractivity contribution < 1.29 is 19.1 Å². The van der Waals surface area contributed by atoms with Gasteiger partial charge in [0.15, 0.2) is 12.4 Å². The summed E-state index contributed by atoms with van der Waals surface area (Å²) in [5.74, 6) is -1.31. The maximum Gasteiger partial charge on any atom is 0.339 e. The molecule has 0 saturated carbocycles. The van der Waals surface area contributed by atoms with Gasteiger partial charge in [0.25, 0.3) is 5.91 Å². The molecule has 0 aliphatic rings. The lowest BCUT2D eigenvalue weighted by Gasteiger charge is -2.13. The van der Waals surface area contributed by atoms with Crippen molar-refractivity contribution in [3.63, 3.8) is 0 Å². The lowest BCUT2D eigenvalue weighted by molar-refractivity contribution is -0.124. The van der Waals surface area contributed by atoms with Crippen molar-refractivity contribution in [2.45, 2.75) is 39.7 Å². The molecular formula is C22H25NO4. The molecule has 0 fully saturated rings. The van der Waals surface area contributed by atoms with E-state index in [2.05, 4.69) is 5.32 Å². The third-order valence-electron chi connectivity index (χ3n) is 4.17. The highest BCUT2D eigenvalue weighted by Crippen LogP contribution is 2.16. The summed E-state index contributed by atoms with van der Waals surface area (Å²) < 4.78 is 5.11. The van der Waals surface area contributed by atoms with Crippen LogP contribution in [0.5, 0.6) is 0 Å². The molecule has 0 unspecified atom stereocenters. The number of ether oxygens (including phenoxy) is 1. The van der Waals surface area contributed by atoms with Crippen LogP contribution in [0.1, 0.15) is 58.5 Å². The van der Waals surface area contributed by atoms with E-state index < -0.39 is 5.97 Å². The fourth-order valence-electron chi connectivity index (χ4n) is 2.75. The van der Waals surface area contributed by atoms with E-state index in [9.17, 15) is 14.4 Å². The Morgan fingerprint density at radius 3 is 2.26 bits per heavy atom. The molecule has 0 aliphatic heterocycles. The van der Waals surface area contributed by atoms with Gasteiger partial charge in [0.1, 0.15) is 0 Å². The number of aryl methyl sites for hydroxylation is 1. The van der Waals surface area contributed by atoms with Crippen LogP contribution >= 0.6 is 0 Å². The molecule has 1 amide bonds. The van der Waals surface area contributed by atoms with Gasteiger partial charge in [0, 0.05) is 17.2 Å². The van der Waals surface area contributed by atoms with Crippen LogP contribution < -0.4 is 5.32 Å². The number of esters is 1. The molecule has 142 valence electrons. The van der Waals surface area contributed by atoms with Gasteiger partial charge >= 0.3 is 5.97 Å². The molecule has 2 aromatic carbocycles. The second-order valence-corrected chi connectivity index (χ2v) is 6.57. The van der Waals surface area contributed by atoms with Gasteiger partial charge in [-0.25, -0.2) is 4.79 Å². The van der Waals surface area contributed by atoms with Gasteiger partial charge in [0.2, 0.25) is 0 Å². The molecule has 5 heteroatoms. The zero-order chi connectivity index (χ0) is 19.8. The van der Waals surface area contributed by atoms with Gasteiger partial charge in [-0.15, -0.1) is 0 Å². The Morgan fingerprint density at radius 2 is 1.63 bits per heavy atom. The predicted octanol–water partition coefficient (Wildman–Crippen LogP) is 3.69. The number of hydrogen-bond acceptors (Lipinski definition) is 4. The van der Waals surface area contributed by atoms with Crippen molar-refractivity contribution in [2.24, 2.45) is 0 Å². The van der Waals surface area contributed by atoms with Crippen LogP contribution in [0.15, 0.2) is 48.5 Å². The molecule has 0 saturated heterocycles. The minimum absolute atomic E-state index is 0.0246. The number of amides is 1. The summed E-state index contributed by atoms with van der Waals surface area (Å²) in [4.78, 5) is 37.0. The zero-order valence-corrected chi connectivity index (χ0v) is 16.0. The first-order valence-electron chi connectivity index (χ1n) is 9.09. The van der Waals surface area contributed by atoms with Crippen molar-refractivity contribution >= 4 is 17.7 Å². The molecule has 0 radical (unpaired) electrons. The molecule has 0 bridgehead atoms. The first kappa shape index (κ1) is 20.4. The maximum absolute atomic E-state index is 12.8. The van der Waals surface area contributed by atoms with E-state index in [-0.39, 0.29) is 35.5 Å². The number of nitrogens with one attached hydrogen (secondary N) is 1. The van der Waals surface area contributed by atoms with Crippen LogP contribution in [-0.2, 0) is 9.53 Å². The van der Waals surface area contributed by atoms with Gasteiger partial charge in [-0.3, -0.25) is 9.59 Å². The molecule has 27 heavy (non-hydrogen) atoms. The molecule has 1 N–H and O–H groups in total. The number of rotatable bonds is 8. The Balaban J connectivity index is 2.08. The van der Waals surface area contributed by atoms with Crippen LogP contribution in [0.3, 0.4) is 0 Å². The second kappa shape index (κ2) is 9.67. The monoisotopic (exact) mass is 367 g/mol. The molecule has 0 aliphatic carbocycles. The Kier molecular flexibility index (Phi) is 7.29. The molecule has 0 aromatic heterocycles. The van der Waals surface area contributed by atoms with E-state index in [1.54, 1.807) is 30.3 Å². The highest BCUT2D eigenvalue weighted by Gasteiger charge is 2.20. The molecule has 0 spiro atoms. The van der Waals surface area contributed by atoms with Crippen LogP contribution in [0.25, 0.3) is 0 Å². The number of carbonyl (C=O) groups is 3. The Hall–Kier alpha value is -2.95. The van der Waals surface area contributed by atoms with Crippen LogP contribution in [0, 0.1) is 6.92 Å². The first-order valence-corrected chi connectivity index (χ1v) is 9.09. The number of benzene rings is 2. The van der Waals surface area contributed by atoms with E-state index in [0.29, 0.717) is 5.56 Å². The van der Waals surface area contributed by atoms with E-state index in [1.807, 2.05) is 32.9 Å². The Morgan fingerprint density at radius 1 is 1.00 bits per heavy atom. The van der Waals surface area contributed by atoms with Crippen molar-refractivity contribution in [3.8, 4) is 0 Å². The average molecular weight is 367 g/mol. The summed E-state index contributed by atoms with van der Waals surface area (Å²) in [6.45, 7) is 5.50. The Bertz CT molecular complexity index is 811. The fraction of sp³-hybridized carbons (Fsp3) is 0.318. The number of carbonyl (C=O) groups excluding carboxylic acids is 3. The van der Waals surface area contributed by atoms with Crippen molar-refractivity contribution in [1.29, 1.82) is 0 Å². The summed E-state index contributed by atoms with van der Waals surface area (Å²) in [5.41, 5.74) is 1.94. The minimum Gasteiger partial charge on any atom is -0.452 e. The topological polar surface area (TPSA) is 72.5 Å². The van der Waals surface area contributed by atoms with Gasteiger partial charge in [-0.1, -0.05) is 61.4 Å². The molecule has 0 heterocycles. The normalized spacial score (nSPS) is 11.5. The highest BCUT2D eigenvalue weighted by molar-refractivity contribution is 6.14. The smallest absolute Gasteiger partial charge is 0.339 e. The van der Waals surface area contributed by atoms with Gasteiger partial charge in [-0.2, -0.15) is 0 Å². The molecule has 5 nitrogen and oxygen atoms in total. The van der Waals surface area contributed by atoms with Crippen molar-refractivity contribution in [2.75, 3.05) is 6.61 Å². The molecule has 2 aromatic rings. The molecule has 2 rings (SSSR count). The summed E-state index contributed by atoms with van der Waals surface area (Å²) in [6.07, 6.45) is 1.81. The summed E-state index contributed by atoms with van der Waals surface area (Å²) in [5, 5.41) is 2.77. The van der Waals surface area contributed by atoms with Crippen LogP contribution in [0.2, 0.25) is 0 Å².